The molecule has 0 fully saturated rings. The van der Waals surface area contributed by atoms with Crippen molar-refractivity contribution in [2.24, 2.45) is 0 Å². The molecule has 1 amide bonds. The van der Waals surface area contributed by atoms with Crippen LogP contribution in [0.15, 0.2) is 65.4 Å². The molecule has 5 nitrogen and oxygen atoms in total. The second kappa shape index (κ2) is 7.46. The van der Waals surface area contributed by atoms with Crippen LogP contribution in [0.2, 0.25) is 0 Å². The maximum absolute atomic E-state index is 12.1. The highest BCUT2D eigenvalue weighted by Gasteiger charge is 2.05. The Morgan fingerprint density at radius 1 is 1.12 bits per heavy atom. The van der Waals surface area contributed by atoms with Gasteiger partial charge in [0.25, 0.3) is 0 Å². The summed E-state index contributed by atoms with van der Waals surface area (Å²) in [5.74, 6) is 1.31. The molecule has 0 aliphatic carbocycles. The van der Waals surface area contributed by atoms with E-state index in [4.69, 9.17) is 4.42 Å². The van der Waals surface area contributed by atoms with Crippen LogP contribution in [0.1, 0.15) is 16.9 Å². The highest BCUT2D eigenvalue weighted by molar-refractivity contribution is 5.91. The van der Waals surface area contributed by atoms with Crippen LogP contribution in [0.4, 0.5) is 11.5 Å². The fourth-order valence-electron chi connectivity index (χ4n) is 2.25. The molecule has 0 spiro atoms. The Balaban J connectivity index is 1.51. The molecule has 0 aliphatic rings. The Hall–Kier alpha value is -3.08. The summed E-state index contributed by atoms with van der Waals surface area (Å²) in [6.45, 7) is 2.61. The number of aromatic nitrogens is 1. The van der Waals surface area contributed by atoms with Gasteiger partial charge < -0.3 is 15.1 Å². The molecule has 0 atom stereocenters. The lowest BCUT2D eigenvalue weighted by atomic mass is 10.1. The van der Waals surface area contributed by atoms with Crippen LogP contribution in [0, 0.1) is 6.92 Å². The molecule has 0 radical (unpaired) electrons. The van der Waals surface area contributed by atoms with Crippen molar-refractivity contribution in [1.82, 2.24) is 4.98 Å². The summed E-state index contributed by atoms with van der Waals surface area (Å²) in [6, 6.07) is 15.3. The Morgan fingerprint density at radius 3 is 2.62 bits per heavy atom. The van der Waals surface area contributed by atoms with E-state index in [9.17, 15) is 4.79 Å². The van der Waals surface area contributed by atoms with Gasteiger partial charge in [0.2, 0.25) is 5.91 Å². The fraction of sp³-hybridized carbons (Fsp3) is 0.158. The predicted octanol–water partition coefficient (Wildman–Crippen LogP) is 3.78. The Kier molecular flexibility index (Phi) is 4.91. The Labute approximate surface area is 140 Å². The van der Waals surface area contributed by atoms with Crippen LogP contribution in [0.5, 0.6) is 0 Å². The number of rotatable bonds is 6. The molecule has 5 heteroatoms. The molecule has 3 aromatic rings. The zero-order valence-corrected chi connectivity index (χ0v) is 13.5. The maximum atomic E-state index is 12.1. The quantitative estimate of drug-likeness (QED) is 0.725. The second-order valence-corrected chi connectivity index (χ2v) is 5.58. The lowest BCUT2D eigenvalue weighted by Crippen LogP contribution is -2.15. The van der Waals surface area contributed by atoms with Crippen LogP contribution in [-0.2, 0) is 17.8 Å². The van der Waals surface area contributed by atoms with Crippen molar-refractivity contribution < 1.29 is 9.21 Å². The number of carbonyl (C=O) groups excluding carboxylic acids is 1. The van der Waals surface area contributed by atoms with E-state index < -0.39 is 0 Å². The second-order valence-electron chi connectivity index (χ2n) is 5.58. The van der Waals surface area contributed by atoms with Crippen molar-refractivity contribution in [1.29, 1.82) is 0 Å². The van der Waals surface area contributed by atoms with E-state index in [1.165, 1.54) is 5.56 Å². The van der Waals surface area contributed by atoms with E-state index in [2.05, 4.69) is 15.6 Å². The first-order valence-corrected chi connectivity index (χ1v) is 7.77. The van der Waals surface area contributed by atoms with Gasteiger partial charge in [-0.2, -0.15) is 0 Å². The van der Waals surface area contributed by atoms with Gasteiger partial charge in [-0.3, -0.25) is 4.79 Å². The summed E-state index contributed by atoms with van der Waals surface area (Å²) in [5, 5.41) is 6.01. The first-order chi connectivity index (χ1) is 11.7. The highest BCUT2D eigenvalue weighted by Crippen LogP contribution is 2.12. The molecule has 122 valence electrons. The number of amides is 1. The summed E-state index contributed by atoms with van der Waals surface area (Å²) in [5.41, 5.74) is 3.02. The molecule has 0 aliphatic heterocycles. The van der Waals surface area contributed by atoms with Crippen LogP contribution >= 0.6 is 0 Å². The number of pyridine rings is 1. The fourth-order valence-corrected chi connectivity index (χ4v) is 2.25. The number of benzene rings is 1. The lowest BCUT2D eigenvalue weighted by molar-refractivity contribution is -0.115. The van der Waals surface area contributed by atoms with Gasteiger partial charge in [-0.25, -0.2) is 4.98 Å². The topological polar surface area (TPSA) is 67.2 Å². The van der Waals surface area contributed by atoms with Crippen molar-refractivity contribution in [2.45, 2.75) is 19.9 Å². The molecule has 2 N–H and O–H groups in total. The van der Waals surface area contributed by atoms with Gasteiger partial charge in [0.05, 0.1) is 31.1 Å². The van der Waals surface area contributed by atoms with E-state index in [0.717, 1.165) is 17.0 Å². The first kappa shape index (κ1) is 15.8. The Morgan fingerprint density at radius 2 is 1.96 bits per heavy atom. The van der Waals surface area contributed by atoms with Crippen LogP contribution in [0.25, 0.3) is 0 Å². The third kappa shape index (κ3) is 4.46. The standard InChI is InChI=1S/C19H19N3O2/c1-14-4-6-15(7-5-14)11-19(23)22-18-9-8-16(12-21-18)20-13-17-3-2-10-24-17/h2-10,12,20H,11,13H2,1H3,(H,21,22,23). The van der Waals surface area contributed by atoms with Crippen molar-refractivity contribution in [2.75, 3.05) is 10.6 Å². The zero-order chi connectivity index (χ0) is 16.8. The van der Waals surface area contributed by atoms with Crippen molar-refractivity contribution in [3.05, 3.63) is 77.9 Å². The SMILES string of the molecule is Cc1ccc(CC(=O)Nc2ccc(NCc3ccco3)cn2)cc1. The summed E-state index contributed by atoms with van der Waals surface area (Å²) in [6.07, 6.45) is 3.66. The van der Waals surface area contributed by atoms with Gasteiger partial charge in [-0.1, -0.05) is 29.8 Å². The largest absolute Gasteiger partial charge is 0.467 e. The van der Waals surface area contributed by atoms with Gasteiger partial charge >= 0.3 is 0 Å². The minimum atomic E-state index is -0.0809. The van der Waals surface area contributed by atoms with Crippen LogP contribution < -0.4 is 10.6 Å². The molecular formula is C19H19N3O2. The lowest BCUT2D eigenvalue weighted by Gasteiger charge is -2.07. The van der Waals surface area contributed by atoms with E-state index >= 15 is 0 Å². The Bertz CT molecular complexity index is 778. The summed E-state index contributed by atoms with van der Waals surface area (Å²) >= 11 is 0. The van der Waals surface area contributed by atoms with Gasteiger partial charge in [0.1, 0.15) is 11.6 Å². The zero-order valence-electron chi connectivity index (χ0n) is 13.5. The van der Waals surface area contributed by atoms with Crippen molar-refractivity contribution in [3.63, 3.8) is 0 Å². The highest BCUT2D eigenvalue weighted by atomic mass is 16.3. The predicted molar refractivity (Wildman–Crippen MR) is 93.8 cm³/mol. The average molecular weight is 321 g/mol. The van der Waals surface area contributed by atoms with Crippen molar-refractivity contribution in [3.8, 4) is 0 Å². The number of carbonyl (C=O) groups is 1. The number of nitrogens with zero attached hydrogens (tertiary/aromatic N) is 1. The first-order valence-electron chi connectivity index (χ1n) is 7.77. The number of furan rings is 1. The smallest absolute Gasteiger partial charge is 0.229 e. The third-order valence-corrected chi connectivity index (χ3v) is 3.56. The molecule has 0 saturated heterocycles. The molecule has 24 heavy (non-hydrogen) atoms. The monoisotopic (exact) mass is 321 g/mol. The molecule has 0 saturated carbocycles. The summed E-state index contributed by atoms with van der Waals surface area (Å²) in [4.78, 5) is 16.3. The number of hydrogen-bond acceptors (Lipinski definition) is 4. The van der Waals surface area contributed by atoms with Crippen LogP contribution in [-0.4, -0.2) is 10.9 Å². The van der Waals surface area contributed by atoms with Gasteiger partial charge in [-0.05, 0) is 36.8 Å². The molecule has 2 aromatic heterocycles. The summed E-state index contributed by atoms with van der Waals surface area (Å²) < 4.78 is 5.26. The summed E-state index contributed by atoms with van der Waals surface area (Å²) in [7, 11) is 0. The average Bonchev–Trinajstić information content (AvgIpc) is 3.10. The molecule has 0 unspecified atom stereocenters. The van der Waals surface area contributed by atoms with Gasteiger partial charge in [0, 0.05) is 0 Å². The minimum absolute atomic E-state index is 0.0809. The minimum Gasteiger partial charge on any atom is -0.467 e. The number of aryl methyl sites for hydroxylation is 1. The molecule has 3 rings (SSSR count). The number of hydrogen-bond donors (Lipinski definition) is 2. The van der Waals surface area contributed by atoms with E-state index in [0.29, 0.717) is 18.8 Å². The van der Waals surface area contributed by atoms with E-state index in [1.54, 1.807) is 18.5 Å². The molecule has 0 bridgehead atoms. The molecule has 2 heterocycles. The maximum Gasteiger partial charge on any atom is 0.229 e. The van der Waals surface area contributed by atoms with E-state index in [-0.39, 0.29) is 5.91 Å². The van der Waals surface area contributed by atoms with Gasteiger partial charge in [0.15, 0.2) is 0 Å². The number of anilines is 2. The molecule has 1 aromatic carbocycles. The number of nitrogens with one attached hydrogen (secondary N) is 2. The normalized spacial score (nSPS) is 10.4. The third-order valence-electron chi connectivity index (χ3n) is 3.56. The van der Waals surface area contributed by atoms with Crippen molar-refractivity contribution >= 4 is 17.4 Å². The van der Waals surface area contributed by atoms with E-state index in [1.807, 2.05) is 49.4 Å². The molecular weight excluding hydrogens is 302 g/mol. The van der Waals surface area contributed by atoms with Crippen LogP contribution in [0.3, 0.4) is 0 Å². The van der Waals surface area contributed by atoms with Gasteiger partial charge in [-0.15, -0.1) is 0 Å².